The van der Waals surface area contributed by atoms with Crippen LogP contribution in [0, 0.1) is 0 Å². The second-order valence-electron chi connectivity index (χ2n) is 16.9. The topological polar surface area (TPSA) is 95.9 Å². The number of ether oxygens (including phenoxy) is 1. The molecule has 0 saturated carbocycles. The zero-order valence-corrected chi connectivity index (χ0v) is 37.5. The van der Waals surface area contributed by atoms with E-state index in [4.69, 9.17) is 4.74 Å². The minimum Gasteiger partial charge on any atom is -0.462 e. The Morgan fingerprint density at radius 1 is 0.518 bits per heavy atom. The van der Waals surface area contributed by atoms with E-state index in [0.29, 0.717) is 19.3 Å². The first-order chi connectivity index (χ1) is 27.5. The van der Waals surface area contributed by atoms with Crippen LogP contribution in [-0.4, -0.2) is 46.9 Å². The van der Waals surface area contributed by atoms with E-state index < -0.39 is 18.2 Å². The first-order valence-electron chi connectivity index (χ1n) is 24.6. The van der Waals surface area contributed by atoms with Crippen LogP contribution in [0.5, 0.6) is 0 Å². The van der Waals surface area contributed by atoms with Crippen LogP contribution >= 0.6 is 0 Å². The van der Waals surface area contributed by atoms with Gasteiger partial charge in [0.2, 0.25) is 5.91 Å². The summed E-state index contributed by atoms with van der Waals surface area (Å²) in [5.41, 5.74) is 0. The molecule has 0 aliphatic carbocycles. The Bertz CT molecular complexity index is 889. The lowest BCUT2D eigenvalue weighted by Gasteiger charge is -2.24. The molecule has 56 heavy (non-hydrogen) atoms. The summed E-state index contributed by atoms with van der Waals surface area (Å²) < 4.78 is 5.90. The lowest BCUT2D eigenvalue weighted by atomic mass is 10.0. The highest BCUT2D eigenvalue weighted by atomic mass is 16.5. The number of hydrogen-bond donors (Lipinski definition) is 3. The van der Waals surface area contributed by atoms with E-state index in [-0.39, 0.29) is 24.9 Å². The maximum Gasteiger partial charge on any atom is 0.306 e. The smallest absolute Gasteiger partial charge is 0.306 e. The minimum atomic E-state index is -0.789. The normalized spacial score (nSPS) is 13.4. The van der Waals surface area contributed by atoms with E-state index in [1.54, 1.807) is 0 Å². The summed E-state index contributed by atoms with van der Waals surface area (Å²) in [6, 6.07) is -0.704. The van der Waals surface area contributed by atoms with E-state index in [2.05, 4.69) is 50.4 Å². The molecular weight excluding hydrogens is 695 g/mol. The highest BCUT2D eigenvalue weighted by molar-refractivity contribution is 5.77. The molecule has 0 heterocycles. The molecule has 0 spiro atoms. The standard InChI is InChI=1S/C50H95NO5/c1-4-7-10-13-16-19-22-23-24-25-26-28-29-32-35-38-41-46(56-50(55)43-40-37-34-31-21-18-15-12-9-6-3)44-49(54)51-47(45-52)48(53)42-39-36-33-30-27-20-17-14-11-8-5-2/h24-26,28,46-48,52-53H,4-23,27,29-45H2,1-3H3,(H,51,54)/b25-24+,28-26+. The Morgan fingerprint density at radius 3 is 1.34 bits per heavy atom. The number of allylic oxidation sites excluding steroid dienone is 4. The molecule has 0 rings (SSSR count). The van der Waals surface area contributed by atoms with Crippen molar-refractivity contribution in [2.45, 2.75) is 277 Å². The van der Waals surface area contributed by atoms with Crippen molar-refractivity contribution in [1.82, 2.24) is 5.32 Å². The molecule has 0 aromatic rings. The van der Waals surface area contributed by atoms with Crippen LogP contribution in [0.15, 0.2) is 24.3 Å². The largest absolute Gasteiger partial charge is 0.462 e. The number of carbonyl (C=O) groups is 2. The first-order valence-corrected chi connectivity index (χ1v) is 24.6. The zero-order chi connectivity index (χ0) is 41.0. The summed E-state index contributed by atoms with van der Waals surface area (Å²) in [6.45, 7) is 6.46. The highest BCUT2D eigenvalue weighted by Gasteiger charge is 2.24. The van der Waals surface area contributed by atoms with E-state index in [0.717, 1.165) is 70.6 Å². The predicted molar refractivity (Wildman–Crippen MR) is 241 cm³/mol. The van der Waals surface area contributed by atoms with Gasteiger partial charge >= 0.3 is 5.97 Å². The fraction of sp³-hybridized carbons (Fsp3) is 0.880. The molecule has 0 aromatic carbocycles. The molecule has 0 saturated heterocycles. The number of unbranched alkanes of at least 4 members (excludes halogenated alkanes) is 29. The number of rotatable bonds is 44. The molecule has 3 atom stereocenters. The van der Waals surface area contributed by atoms with Crippen LogP contribution in [-0.2, 0) is 14.3 Å². The third-order valence-corrected chi connectivity index (χ3v) is 11.3. The Morgan fingerprint density at radius 2 is 0.893 bits per heavy atom. The molecule has 330 valence electrons. The maximum absolute atomic E-state index is 13.1. The summed E-state index contributed by atoms with van der Waals surface area (Å²) in [7, 11) is 0. The van der Waals surface area contributed by atoms with Crippen molar-refractivity contribution < 1.29 is 24.5 Å². The number of amides is 1. The first kappa shape index (κ1) is 54.3. The SMILES string of the molecule is CCCCCCCCC/C=C/C=C/CCCCCC(CC(=O)NC(CO)C(O)CCCCCCCCCCCCC)OC(=O)CCCCCCCCCCCC. The predicted octanol–water partition coefficient (Wildman–Crippen LogP) is 14.3. The van der Waals surface area contributed by atoms with Gasteiger partial charge < -0.3 is 20.3 Å². The molecule has 0 fully saturated rings. The van der Waals surface area contributed by atoms with Gasteiger partial charge in [-0.25, -0.2) is 0 Å². The van der Waals surface area contributed by atoms with Gasteiger partial charge in [-0.3, -0.25) is 9.59 Å². The van der Waals surface area contributed by atoms with Gasteiger partial charge in [-0.15, -0.1) is 0 Å². The van der Waals surface area contributed by atoms with Gasteiger partial charge in [0.15, 0.2) is 0 Å². The average Bonchev–Trinajstić information content (AvgIpc) is 3.19. The van der Waals surface area contributed by atoms with Crippen molar-refractivity contribution in [1.29, 1.82) is 0 Å². The summed E-state index contributed by atoms with van der Waals surface area (Å²) >= 11 is 0. The number of hydrogen-bond acceptors (Lipinski definition) is 5. The number of esters is 1. The van der Waals surface area contributed by atoms with Gasteiger partial charge in [0.25, 0.3) is 0 Å². The second-order valence-corrected chi connectivity index (χ2v) is 16.9. The minimum absolute atomic E-state index is 0.0644. The lowest BCUT2D eigenvalue weighted by molar-refractivity contribution is -0.151. The third-order valence-electron chi connectivity index (χ3n) is 11.3. The number of carbonyl (C=O) groups excluding carboxylic acids is 2. The van der Waals surface area contributed by atoms with Crippen LogP contribution < -0.4 is 5.32 Å². The fourth-order valence-electron chi connectivity index (χ4n) is 7.54. The molecule has 6 nitrogen and oxygen atoms in total. The molecule has 0 aliphatic heterocycles. The highest BCUT2D eigenvalue weighted by Crippen LogP contribution is 2.17. The molecule has 0 aliphatic rings. The van der Waals surface area contributed by atoms with E-state index >= 15 is 0 Å². The van der Waals surface area contributed by atoms with Gasteiger partial charge in [-0.2, -0.15) is 0 Å². The maximum atomic E-state index is 13.1. The quantitative estimate of drug-likeness (QED) is 0.0324. The van der Waals surface area contributed by atoms with Crippen molar-refractivity contribution in [3.8, 4) is 0 Å². The number of aliphatic hydroxyl groups is 2. The summed E-state index contributed by atoms with van der Waals surface area (Å²) in [5.74, 6) is -0.492. The number of nitrogens with one attached hydrogen (secondary N) is 1. The summed E-state index contributed by atoms with van der Waals surface area (Å²) in [4.78, 5) is 26.0. The molecule has 1 amide bonds. The van der Waals surface area contributed by atoms with Crippen LogP contribution in [0.25, 0.3) is 0 Å². The molecule has 3 unspecified atom stereocenters. The monoisotopic (exact) mass is 790 g/mol. The number of aliphatic hydroxyl groups excluding tert-OH is 2. The van der Waals surface area contributed by atoms with Gasteiger partial charge in [0.05, 0.1) is 25.2 Å². The molecule has 6 heteroatoms. The molecule has 0 aromatic heterocycles. The second kappa shape index (κ2) is 44.4. The van der Waals surface area contributed by atoms with Crippen molar-refractivity contribution >= 4 is 11.9 Å². The molecule has 0 bridgehead atoms. The van der Waals surface area contributed by atoms with Crippen LogP contribution in [0.4, 0.5) is 0 Å². The molecule has 3 N–H and O–H groups in total. The van der Waals surface area contributed by atoms with E-state index in [1.165, 1.54) is 141 Å². The Balaban J connectivity index is 4.61. The van der Waals surface area contributed by atoms with Crippen molar-refractivity contribution in [3.63, 3.8) is 0 Å². The van der Waals surface area contributed by atoms with Gasteiger partial charge in [-0.05, 0) is 51.4 Å². The van der Waals surface area contributed by atoms with Gasteiger partial charge in [0, 0.05) is 6.42 Å². The Hall–Kier alpha value is -1.66. The van der Waals surface area contributed by atoms with Gasteiger partial charge in [0.1, 0.15) is 6.10 Å². The fourth-order valence-corrected chi connectivity index (χ4v) is 7.54. The summed E-state index contributed by atoms with van der Waals surface area (Å²) in [5, 5.41) is 23.7. The Labute approximate surface area is 348 Å². The summed E-state index contributed by atoms with van der Waals surface area (Å²) in [6.07, 6.45) is 49.5. The van der Waals surface area contributed by atoms with Crippen molar-refractivity contribution in [2.24, 2.45) is 0 Å². The Kier molecular flexibility index (Phi) is 43.1. The molecular formula is C50H95NO5. The van der Waals surface area contributed by atoms with E-state index in [1.807, 2.05) is 0 Å². The van der Waals surface area contributed by atoms with Crippen LogP contribution in [0.1, 0.15) is 258 Å². The van der Waals surface area contributed by atoms with Gasteiger partial charge in [-0.1, -0.05) is 218 Å². The van der Waals surface area contributed by atoms with Crippen molar-refractivity contribution in [3.05, 3.63) is 24.3 Å². The average molecular weight is 790 g/mol. The van der Waals surface area contributed by atoms with Crippen LogP contribution in [0.2, 0.25) is 0 Å². The molecule has 0 radical (unpaired) electrons. The lowest BCUT2D eigenvalue weighted by Crippen LogP contribution is -2.46. The van der Waals surface area contributed by atoms with E-state index in [9.17, 15) is 19.8 Å². The zero-order valence-electron chi connectivity index (χ0n) is 37.5. The van der Waals surface area contributed by atoms with Crippen molar-refractivity contribution in [2.75, 3.05) is 6.61 Å². The third kappa shape index (κ3) is 39.2. The van der Waals surface area contributed by atoms with Crippen LogP contribution in [0.3, 0.4) is 0 Å².